The molecule has 0 atom stereocenters. The van der Waals surface area contributed by atoms with Gasteiger partial charge in [0.15, 0.2) is 5.65 Å². The van der Waals surface area contributed by atoms with Crippen LogP contribution in [0.5, 0.6) is 0 Å². The highest BCUT2D eigenvalue weighted by Gasteiger charge is 2.16. The van der Waals surface area contributed by atoms with Gasteiger partial charge in [-0.15, -0.1) is 0 Å². The summed E-state index contributed by atoms with van der Waals surface area (Å²) in [4.78, 5) is 4.52. The fourth-order valence-corrected chi connectivity index (χ4v) is 2.80. The van der Waals surface area contributed by atoms with Gasteiger partial charge in [0, 0.05) is 23.5 Å². The second-order valence-electron chi connectivity index (χ2n) is 5.25. The molecule has 0 spiro atoms. The highest BCUT2D eigenvalue weighted by Crippen LogP contribution is 2.25. The van der Waals surface area contributed by atoms with Gasteiger partial charge in [0.2, 0.25) is 0 Å². The van der Waals surface area contributed by atoms with Crippen LogP contribution in [0.1, 0.15) is 23.2 Å². The van der Waals surface area contributed by atoms with E-state index in [1.54, 1.807) is 0 Å². The molecule has 0 saturated heterocycles. The van der Waals surface area contributed by atoms with Gasteiger partial charge in [-0.1, -0.05) is 29.8 Å². The Morgan fingerprint density at radius 2 is 1.95 bits per heavy atom. The van der Waals surface area contributed by atoms with Crippen LogP contribution in [0.2, 0.25) is 0 Å². The van der Waals surface area contributed by atoms with Crippen molar-refractivity contribution in [2.45, 2.75) is 26.2 Å². The highest BCUT2D eigenvalue weighted by atomic mass is 15.3. The maximum Gasteiger partial charge on any atom is 0.155 e. The number of rotatable bonds is 1. The third-order valence-corrected chi connectivity index (χ3v) is 3.88. The molecular formula is C16H15N3. The summed E-state index contributed by atoms with van der Waals surface area (Å²) in [5.41, 5.74) is 7.08. The summed E-state index contributed by atoms with van der Waals surface area (Å²) in [6.07, 6.45) is 5.48. The molecule has 94 valence electrons. The molecule has 3 aromatic rings. The van der Waals surface area contributed by atoms with E-state index in [1.165, 1.54) is 23.2 Å². The zero-order valence-corrected chi connectivity index (χ0v) is 10.9. The summed E-state index contributed by atoms with van der Waals surface area (Å²) in [6, 6.07) is 10.6. The molecule has 1 aliphatic carbocycles. The molecule has 2 heterocycles. The minimum Gasteiger partial charge on any atom is -0.237 e. The topological polar surface area (TPSA) is 30.2 Å². The number of benzene rings is 1. The van der Waals surface area contributed by atoms with Gasteiger partial charge < -0.3 is 0 Å². The molecule has 2 aromatic heterocycles. The lowest BCUT2D eigenvalue weighted by Crippen LogP contribution is -1.99. The van der Waals surface area contributed by atoms with E-state index in [0.29, 0.717) is 0 Å². The van der Waals surface area contributed by atoms with Crippen molar-refractivity contribution in [1.29, 1.82) is 0 Å². The number of hydrogen-bond donors (Lipinski definition) is 0. The standard InChI is InChI=1S/C16H15N3/c1-11-5-7-12(8-6-11)14-9-16-17-10-13-3-2-4-15(13)19(16)18-14/h5-10H,2-4H2,1H3. The van der Waals surface area contributed by atoms with Crippen molar-refractivity contribution < 1.29 is 0 Å². The van der Waals surface area contributed by atoms with Crippen molar-refractivity contribution in [3.63, 3.8) is 0 Å². The van der Waals surface area contributed by atoms with Gasteiger partial charge in [-0.05, 0) is 31.7 Å². The summed E-state index contributed by atoms with van der Waals surface area (Å²) in [5, 5.41) is 4.74. The van der Waals surface area contributed by atoms with Crippen molar-refractivity contribution in [1.82, 2.24) is 14.6 Å². The molecule has 3 nitrogen and oxygen atoms in total. The first-order valence-electron chi connectivity index (χ1n) is 6.75. The Balaban J connectivity index is 1.90. The molecule has 3 heteroatoms. The highest BCUT2D eigenvalue weighted by molar-refractivity contribution is 5.64. The van der Waals surface area contributed by atoms with Gasteiger partial charge in [0.05, 0.1) is 5.69 Å². The van der Waals surface area contributed by atoms with E-state index in [-0.39, 0.29) is 0 Å². The van der Waals surface area contributed by atoms with Crippen LogP contribution in [-0.2, 0) is 12.8 Å². The summed E-state index contributed by atoms with van der Waals surface area (Å²) in [6.45, 7) is 2.10. The van der Waals surface area contributed by atoms with E-state index < -0.39 is 0 Å². The number of fused-ring (bicyclic) bond motifs is 3. The van der Waals surface area contributed by atoms with Crippen LogP contribution in [0, 0.1) is 6.92 Å². The van der Waals surface area contributed by atoms with E-state index in [1.807, 2.05) is 10.7 Å². The molecule has 4 rings (SSSR count). The Bertz CT molecular complexity index is 754. The van der Waals surface area contributed by atoms with Gasteiger partial charge in [-0.2, -0.15) is 5.10 Å². The number of hydrogen-bond acceptors (Lipinski definition) is 2. The van der Waals surface area contributed by atoms with Gasteiger partial charge in [-0.25, -0.2) is 9.50 Å². The Morgan fingerprint density at radius 1 is 1.11 bits per heavy atom. The van der Waals surface area contributed by atoms with Crippen LogP contribution in [0.25, 0.3) is 16.9 Å². The van der Waals surface area contributed by atoms with Crippen molar-refractivity contribution in [3.8, 4) is 11.3 Å². The number of nitrogens with zero attached hydrogens (tertiary/aromatic N) is 3. The molecule has 0 radical (unpaired) electrons. The largest absolute Gasteiger partial charge is 0.237 e. The lowest BCUT2D eigenvalue weighted by molar-refractivity contribution is 0.839. The van der Waals surface area contributed by atoms with E-state index >= 15 is 0 Å². The second-order valence-corrected chi connectivity index (χ2v) is 5.25. The zero-order chi connectivity index (χ0) is 12.8. The van der Waals surface area contributed by atoms with Crippen molar-refractivity contribution in [2.24, 2.45) is 0 Å². The first-order chi connectivity index (χ1) is 9.31. The quantitative estimate of drug-likeness (QED) is 0.663. The molecule has 0 amide bonds. The van der Waals surface area contributed by atoms with Crippen LogP contribution in [0.3, 0.4) is 0 Å². The molecule has 1 aromatic carbocycles. The zero-order valence-electron chi connectivity index (χ0n) is 10.9. The van der Waals surface area contributed by atoms with E-state index in [4.69, 9.17) is 5.10 Å². The average molecular weight is 249 g/mol. The molecule has 1 aliphatic rings. The Morgan fingerprint density at radius 3 is 2.79 bits per heavy atom. The van der Waals surface area contributed by atoms with E-state index in [9.17, 15) is 0 Å². The SMILES string of the molecule is Cc1ccc(-c2cc3ncc4c(n3n2)CCC4)cc1. The van der Waals surface area contributed by atoms with Crippen LogP contribution in [0.4, 0.5) is 0 Å². The first-order valence-corrected chi connectivity index (χ1v) is 6.75. The summed E-state index contributed by atoms with van der Waals surface area (Å²) < 4.78 is 2.03. The molecule has 0 fully saturated rings. The third kappa shape index (κ3) is 1.65. The minimum atomic E-state index is 0.955. The van der Waals surface area contributed by atoms with Crippen molar-refractivity contribution in [2.75, 3.05) is 0 Å². The molecule has 19 heavy (non-hydrogen) atoms. The fourth-order valence-electron chi connectivity index (χ4n) is 2.80. The van der Waals surface area contributed by atoms with Crippen molar-refractivity contribution >= 4 is 5.65 Å². The fraction of sp³-hybridized carbons (Fsp3) is 0.250. The van der Waals surface area contributed by atoms with Crippen LogP contribution < -0.4 is 0 Å². The predicted molar refractivity (Wildman–Crippen MR) is 75.2 cm³/mol. The van der Waals surface area contributed by atoms with Crippen molar-refractivity contribution in [3.05, 3.63) is 53.3 Å². The third-order valence-electron chi connectivity index (χ3n) is 3.88. The summed E-state index contributed by atoms with van der Waals surface area (Å²) >= 11 is 0. The van der Waals surface area contributed by atoms with Gasteiger partial charge in [0.25, 0.3) is 0 Å². The maximum absolute atomic E-state index is 4.74. The molecule has 0 unspecified atom stereocenters. The van der Waals surface area contributed by atoms with Gasteiger partial charge >= 0.3 is 0 Å². The van der Waals surface area contributed by atoms with Crippen LogP contribution in [0.15, 0.2) is 36.5 Å². The Hall–Kier alpha value is -2.16. The maximum atomic E-state index is 4.74. The lowest BCUT2D eigenvalue weighted by atomic mass is 10.1. The van der Waals surface area contributed by atoms with Gasteiger partial charge in [0.1, 0.15) is 0 Å². The van der Waals surface area contributed by atoms with E-state index in [2.05, 4.69) is 42.2 Å². The van der Waals surface area contributed by atoms with Crippen LogP contribution >= 0.6 is 0 Å². The minimum absolute atomic E-state index is 0.955. The summed E-state index contributed by atoms with van der Waals surface area (Å²) in [7, 11) is 0. The second kappa shape index (κ2) is 3.92. The average Bonchev–Trinajstić information content (AvgIpc) is 3.04. The number of aromatic nitrogens is 3. The Kier molecular flexibility index (Phi) is 2.21. The van der Waals surface area contributed by atoms with Crippen LogP contribution in [-0.4, -0.2) is 14.6 Å². The molecule has 0 bridgehead atoms. The number of aryl methyl sites for hydroxylation is 3. The molecule has 0 saturated carbocycles. The summed E-state index contributed by atoms with van der Waals surface area (Å²) in [5.74, 6) is 0. The predicted octanol–water partition coefficient (Wildman–Crippen LogP) is 3.19. The van der Waals surface area contributed by atoms with E-state index in [0.717, 1.165) is 29.7 Å². The first kappa shape index (κ1) is 10.7. The lowest BCUT2D eigenvalue weighted by Gasteiger charge is -2.01. The normalized spacial score (nSPS) is 13.9. The molecule has 0 N–H and O–H groups in total. The molecule has 0 aliphatic heterocycles. The Labute approximate surface area is 111 Å². The smallest absolute Gasteiger partial charge is 0.155 e. The molecular weight excluding hydrogens is 234 g/mol. The van der Waals surface area contributed by atoms with Gasteiger partial charge in [-0.3, -0.25) is 0 Å². The monoisotopic (exact) mass is 249 g/mol.